The fraction of sp³-hybridized carbons (Fsp3) is 0.600. The summed E-state index contributed by atoms with van der Waals surface area (Å²) >= 11 is 0. The SMILES string of the molecule is CCCNc1cc(NC(C)(C)CCC)cc([N+](=O)[O-])c1. The maximum Gasteiger partial charge on any atom is 0.273 e. The van der Waals surface area contributed by atoms with E-state index in [9.17, 15) is 10.1 Å². The van der Waals surface area contributed by atoms with Crippen molar-refractivity contribution >= 4 is 17.1 Å². The molecule has 0 fully saturated rings. The van der Waals surface area contributed by atoms with Crippen LogP contribution in [0.5, 0.6) is 0 Å². The Balaban J connectivity index is 2.99. The smallest absolute Gasteiger partial charge is 0.273 e. The first-order chi connectivity index (χ1) is 9.38. The van der Waals surface area contributed by atoms with E-state index in [1.54, 1.807) is 12.1 Å². The topological polar surface area (TPSA) is 67.2 Å². The largest absolute Gasteiger partial charge is 0.385 e. The second kappa shape index (κ2) is 7.12. The van der Waals surface area contributed by atoms with Crippen LogP contribution in [0.4, 0.5) is 17.1 Å². The molecule has 0 saturated carbocycles. The number of hydrogen-bond acceptors (Lipinski definition) is 4. The van der Waals surface area contributed by atoms with Gasteiger partial charge in [0.2, 0.25) is 0 Å². The molecule has 0 heterocycles. The van der Waals surface area contributed by atoms with Crippen molar-refractivity contribution in [3.05, 3.63) is 28.3 Å². The molecule has 0 aliphatic heterocycles. The number of hydrogen-bond donors (Lipinski definition) is 2. The maximum absolute atomic E-state index is 11.0. The highest BCUT2D eigenvalue weighted by atomic mass is 16.6. The fourth-order valence-corrected chi connectivity index (χ4v) is 2.24. The molecule has 0 amide bonds. The molecular formula is C15H25N3O2. The average molecular weight is 279 g/mol. The zero-order chi connectivity index (χ0) is 15.2. The van der Waals surface area contributed by atoms with Crippen LogP contribution < -0.4 is 10.6 Å². The van der Waals surface area contributed by atoms with Crippen molar-refractivity contribution in [2.75, 3.05) is 17.2 Å². The first kappa shape index (κ1) is 16.3. The second-order valence-corrected chi connectivity index (χ2v) is 5.71. The Morgan fingerprint density at radius 1 is 1.15 bits per heavy atom. The van der Waals surface area contributed by atoms with Gasteiger partial charge in [0.1, 0.15) is 0 Å². The van der Waals surface area contributed by atoms with Crippen LogP contribution in [0, 0.1) is 10.1 Å². The zero-order valence-electron chi connectivity index (χ0n) is 12.8. The summed E-state index contributed by atoms with van der Waals surface area (Å²) in [5.74, 6) is 0. The predicted molar refractivity (Wildman–Crippen MR) is 84.5 cm³/mol. The van der Waals surface area contributed by atoms with Crippen LogP contribution >= 0.6 is 0 Å². The van der Waals surface area contributed by atoms with Crippen molar-refractivity contribution in [2.24, 2.45) is 0 Å². The number of nitrogens with one attached hydrogen (secondary N) is 2. The molecule has 0 radical (unpaired) electrons. The minimum Gasteiger partial charge on any atom is -0.385 e. The molecule has 2 N–H and O–H groups in total. The summed E-state index contributed by atoms with van der Waals surface area (Å²) in [5, 5.41) is 17.6. The molecule has 5 nitrogen and oxygen atoms in total. The van der Waals surface area contributed by atoms with Crippen molar-refractivity contribution in [2.45, 2.75) is 52.5 Å². The summed E-state index contributed by atoms with van der Waals surface area (Å²) in [6.45, 7) is 9.21. The summed E-state index contributed by atoms with van der Waals surface area (Å²) in [5.41, 5.74) is 1.61. The highest BCUT2D eigenvalue weighted by Crippen LogP contribution is 2.27. The van der Waals surface area contributed by atoms with E-state index >= 15 is 0 Å². The number of nitrogens with zero attached hydrogens (tertiary/aromatic N) is 1. The Morgan fingerprint density at radius 3 is 2.35 bits per heavy atom. The lowest BCUT2D eigenvalue weighted by molar-refractivity contribution is -0.384. The summed E-state index contributed by atoms with van der Waals surface area (Å²) in [7, 11) is 0. The van der Waals surface area contributed by atoms with E-state index in [4.69, 9.17) is 0 Å². The van der Waals surface area contributed by atoms with Crippen LogP contribution in [-0.2, 0) is 0 Å². The number of anilines is 2. The molecule has 0 atom stereocenters. The second-order valence-electron chi connectivity index (χ2n) is 5.71. The molecule has 112 valence electrons. The molecule has 0 unspecified atom stereocenters. The number of nitro benzene ring substituents is 1. The molecule has 0 spiro atoms. The van der Waals surface area contributed by atoms with Gasteiger partial charge >= 0.3 is 0 Å². The van der Waals surface area contributed by atoms with Crippen molar-refractivity contribution in [1.29, 1.82) is 0 Å². The molecule has 1 aromatic carbocycles. The van der Waals surface area contributed by atoms with Crippen molar-refractivity contribution in [3.8, 4) is 0 Å². The summed E-state index contributed by atoms with van der Waals surface area (Å²) in [4.78, 5) is 10.7. The van der Waals surface area contributed by atoms with Gasteiger partial charge < -0.3 is 10.6 Å². The van der Waals surface area contributed by atoms with Gasteiger partial charge in [0.15, 0.2) is 0 Å². The molecule has 1 aromatic rings. The van der Waals surface area contributed by atoms with Gasteiger partial charge in [-0.3, -0.25) is 10.1 Å². The van der Waals surface area contributed by atoms with Crippen LogP contribution in [-0.4, -0.2) is 17.0 Å². The van der Waals surface area contributed by atoms with Crippen molar-refractivity contribution in [1.82, 2.24) is 0 Å². The van der Waals surface area contributed by atoms with Gasteiger partial charge in [-0.15, -0.1) is 0 Å². The Morgan fingerprint density at radius 2 is 1.80 bits per heavy atom. The van der Waals surface area contributed by atoms with Gasteiger partial charge in [-0.05, 0) is 32.8 Å². The Kier molecular flexibility index (Phi) is 5.80. The third-order valence-corrected chi connectivity index (χ3v) is 3.07. The molecular weight excluding hydrogens is 254 g/mol. The lowest BCUT2D eigenvalue weighted by Gasteiger charge is -2.27. The van der Waals surface area contributed by atoms with E-state index < -0.39 is 0 Å². The first-order valence-electron chi connectivity index (χ1n) is 7.19. The monoisotopic (exact) mass is 279 g/mol. The summed E-state index contributed by atoms with van der Waals surface area (Å²) in [6, 6.07) is 5.10. The Hall–Kier alpha value is -1.78. The standard InChI is InChI=1S/C15H25N3O2/c1-5-7-15(3,4)17-13-9-12(16-8-6-2)10-14(11-13)18(19)20/h9-11,16-17H,5-8H2,1-4H3. The van der Waals surface area contributed by atoms with Gasteiger partial charge in [-0.25, -0.2) is 0 Å². The third-order valence-electron chi connectivity index (χ3n) is 3.07. The number of rotatable bonds is 8. The normalized spacial score (nSPS) is 11.2. The van der Waals surface area contributed by atoms with Crippen LogP contribution in [0.25, 0.3) is 0 Å². The van der Waals surface area contributed by atoms with E-state index in [0.29, 0.717) is 0 Å². The number of non-ortho nitro benzene ring substituents is 1. The molecule has 0 aliphatic carbocycles. The predicted octanol–water partition coefficient (Wildman–Crippen LogP) is 4.41. The molecule has 0 aliphatic rings. The molecule has 5 heteroatoms. The first-order valence-corrected chi connectivity index (χ1v) is 7.19. The Bertz CT molecular complexity index is 458. The Labute approximate surface area is 120 Å². The van der Waals surface area contributed by atoms with Gasteiger partial charge in [0.05, 0.1) is 4.92 Å². The maximum atomic E-state index is 11.0. The summed E-state index contributed by atoms with van der Waals surface area (Å²) in [6.07, 6.45) is 3.05. The van der Waals surface area contributed by atoms with Crippen molar-refractivity contribution in [3.63, 3.8) is 0 Å². The van der Waals surface area contributed by atoms with Crippen LogP contribution in [0.1, 0.15) is 47.0 Å². The number of benzene rings is 1. The van der Waals surface area contributed by atoms with Gasteiger partial charge in [0, 0.05) is 35.6 Å². The minimum absolute atomic E-state index is 0.0774. The lowest BCUT2D eigenvalue weighted by Crippen LogP contribution is -2.30. The highest BCUT2D eigenvalue weighted by molar-refractivity contribution is 5.64. The van der Waals surface area contributed by atoms with E-state index in [-0.39, 0.29) is 16.1 Å². The zero-order valence-corrected chi connectivity index (χ0v) is 12.8. The molecule has 0 aromatic heterocycles. The lowest BCUT2D eigenvalue weighted by atomic mass is 9.98. The molecule has 0 saturated heterocycles. The van der Waals surface area contributed by atoms with Crippen molar-refractivity contribution < 1.29 is 4.92 Å². The number of nitro groups is 1. The molecule has 1 rings (SSSR count). The molecule has 20 heavy (non-hydrogen) atoms. The van der Waals surface area contributed by atoms with Gasteiger partial charge in [0.25, 0.3) is 5.69 Å². The van der Waals surface area contributed by atoms with E-state index in [2.05, 4.69) is 38.3 Å². The average Bonchev–Trinajstić information content (AvgIpc) is 2.35. The van der Waals surface area contributed by atoms with E-state index in [1.165, 1.54) is 0 Å². The molecule has 0 bridgehead atoms. The van der Waals surface area contributed by atoms with E-state index in [1.807, 2.05) is 6.07 Å². The quantitative estimate of drug-likeness (QED) is 0.546. The fourth-order valence-electron chi connectivity index (χ4n) is 2.24. The highest BCUT2D eigenvalue weighted by Gasteiger charge is 2.18. The van der Waals surface area contributed by atoms with Gasteiger partial charge in [-0.1, -0.05) is 20.3 Å². The van der Waals surface area contributed by atoms with E-state index in [0.717, 1.165) is 37.2 Å². The van der Waals surface area contributed by atoms with Crippen LogP contribution in [0.2, 0.25) is 0 Å². The van der Waals surface area contributed by atoms with Gasteiger partial charge in [-0.2, -0.15) is 0 Å². The third kappa shape index (κ3) is 5.07. The van der Waals surface area contributed by atoms with Crippen LogP contribution in [0.15, 0.2) is 18.2 Å². The van der Waals surface area contributed by atoms with Crippen LogP contribution in [0.3, 0.4) is 0 Å². The summed E-state index contributed by atoms with van der Waals surface area (Å²) < 4.78 is 0. The minimum atomic E-state index is -0.352.